The standard InChI is InChI=1S/C20H22N4/c1-2-21-20(23-14-16-8-4-3-5-9-16)24-15-18-11-6-10-17-12-7-13-22-19(17)18/h3-13H,2,14-15H2,1H3,(H2,21,23,24). The average molecular weight is 318 g/mol. The van der Waals surface area contributed by atoms with Crippen LogP contribution in [-0.4, -0.2) is 17.5 Å². The van der Waals surface area contributed by atoms with Crippen molar-refractivity contribution in [2.75, 3.05) is 6.54 Å². The second-order valence-electron chi connectivity index (χ2n) is 5.53. The Balaban J connectivity index is 1.71. The number of nitrogens with one attached hydrogen (secondary N) is 2. The van der Waals surface area contributed by atoms with E-state index in [2.05, 4.69) is 63.9 Å². The SMILES string of the molecule is CCNC(=NCc1ccccc1)NCc1cccc2cccnc12. The van der Waals surface area contributed by atoms with Gasteiger partial charge in [0.25, 0.3) is 0 Å². The second kappa shape index (κ2) is 8.11. The zero-order valence-corrected chi connectivity index (χ0v) is 13.9. The minimum atomic E-state index is 0.657. The molecule has 0 atom stereocenters. The maximum absolute atomic E-state index is 4.65. The van der Waals surface area contributed by atoms with E-state index < -0.39 is 0 Å². The van der Waals surface area contributed by atoms with Gasteiger partial charge in [0, 0.05) is 24.7 Å². The zero-order chi connectivity index (χ0) is 16.6. The van der Waals surface area contributed by atoms with Crippen LogP contribution in [0, 0.1) is 0 Å². The number of pyridine rings is 1. The Hall–Kier alpha value is -2.88. The molecule has 0 radical (unpaired) electrons. The molecule has 2 aromatic carbocycles. The molecule has 1 heterocycles. The van der Waals surface area contributed by atoms with Crippen LogP contribution in [-0.2, 0) is 13.1 Å². The van der Waals surface area contributed by atoms with Gasteiger partial charge in [0.2, 0.25) is 0 Å². The summed E-state index contributed by atoms with van der Waals surface area (Å²) in [7, 11) is 0. The first-order valence-electron chi connectivity index (χ1n) is 8.25. The number of guanidine groups is 1. The number of para-hydroxylation sites is 1. The van der Waals surface area contributed by atoms with Crippen LogP contribution in [0.2, 0.25) is 0 Å². The highest BCUT2D eigenvalue weighted by atomic mass is 15.2. The predicted octanol–water partition coefficient (Wildman–Crippen LogP) is 3.49. The third kappa shape index (κ3) is 4.10. The number of hydrogen-bond donors (Lipinski definition) is 2. The number of aromatic nitrogens is 1. The number of hydrogen-bond acceptors (Lipinski definition) is 2. The number of benzene rings is 2. The largest absolute Gasteiger partial charge is 0.357 e. The van der Waals surface area contributed by atoms with Crippen LogP contribution in [0.25, 0.3) is 10.9 Å². The van der Waals surface area contributed by atoms with Gasteiger partial charge < -0.3 is 10.6 Å². The normalized spacial score (nSPS) is 11.5. The molecule has 24 heavy (non-hydrogen) atoms. The van der Waals surface area contributed by atoms with Crippen molar-refractivity contribution in [1.29, 1.82) is 0 Å². The maximum atomic E-state index is 4.65. The van der Waals surface area contributed by atoms with Gasteiger partial charge in [-0.3, -0.25) is 4.98 Å². The highest BCUT2D eigenvalue weighted by Gasteiger charge is 2.03. The first-order valence-corrected chi connectivity index (χ1v) is 8.25. The van der Waals surface area contributed by atoms with Gasteiger partial charge in [-0.1, -0.05) is 54.6 Å². The van der Waals surface area contributed by atoms with E-state index in [0.29, 0.717) is 13.1 Å². The molecule has 122 valence electrons. The molecule has 0 bridgehead atoms. The fourth-order valence-corrected chi connectivity index (χ4v) is 2.58. The highest BCUT2D eigenvalue weighted by molar-refractivity contribution is 5.83. The summed E-state index contributed by atoms with van der Waals surface area (Å²) in [5.74, 6) is 0.814. The summed E-state index contributed by atoms with van der Waals surface area (Å²) in [5, 5.41) is 7.84. The lowest BCUT2D eigenvalue weighted by Gasteiger charge is -2.12. The van der Waals surface area contributed by atoms with E-state index in [1.165, 1.54) is 11.1 Å². The Kier molecular flexibility index (Phi) is 5.40. The fraction of sp³-hybridized carbons (Fsp3) is 0.200. The number of fused-ring (bicyclic) bond motifs is 1. The lowest BCUT2D eigenvalue weighted by Crippen LogP contribution is -2.36. The van der Waals surface area contributed by atoms with Crippen LogP contribution < -0.4 is 10.6 Å². The molecule has 0 fully saturated rings. The molecule has 0 amide bonds. The predicted molar refractivity (Wildman–Crippen MR) is 99.8 cm³/mol. The number of aliphatic imine (C=N–C) groups is 1. The summed E-state index contributed by atoms with van der Waals surface area (Å²) < 4.78 is 0. The van der Waals surface area contributed by atoms with E-state index in [9.17, 15) is 0 Å². The van der Waals surface area contributed by atoms with Gasteiger partial charge in [-0.15, -0.1) is 0 Å². The van der Waals surface area contributed by atoms with Crippen molar-refractivity contribution in [2.45, 2.75) is 20.0 Å². The van der Waals surface area contributed by atoms with Crippen LogP contribution >= 0.6 is 0 Å². The van der Waals surface area contributed by atoms with Gasteiger partial charge in [-0.05, 0) is 24.1 Å². The molecule has 0 saturated heterocycles. The van der Waals surface area contributed by atoms with Crippen LogP contribution in [0.1, 0.15) is 18.1 Å². The molecule has 0 aliphatic rings. The topological polar surface area (TPSA) is 49.3 Å². The smallest absolute Gasteiger partial charge is 0.191 e. The van der Waals surface area contributed by atoms with Crippen molar-refractivity contribution in [3.8, 4) is 0 Å². The molecular weight excluding hydrogens is 296 g/mol. The molecule has 0 aliphatic carbocycles. The molecule has 0 unspecified atom stereocenters. The van der Waals surface area contributed by atoms with Gasteiger partial charge >= 0.3 is 0 Å². The van der Waals surface area contributed by atoms with E-state index in [1.807, 2.05) is 30.5 Å². The minimum absolute atomic E-state index is 0.657. The Morgan fingerprint density at radius 2 is 1.79 bits per heavy atom. The van der Waals surface area contributed by atoms with Crippen LogP contribution in [0.3, 0.4) is 0 Å². The lowest BCUT2D eigenvalue weighted by atomic mass is 10.1. The van der Waals surface area contributed by atoms with E-state index in [-0.39, 0.29) is 0 Å². The summed E-state index contributed by atoms with van der Waals surface area (Å²) in [5.41, 5.74) is 3.39. The third-order valence-corrected chi connectivity index (χ3v) is 3.77. The van der Waals surface area contributed by atoms with Crippen molar-refractivity contribution < 1.29 is 0 Å². The van der Waals surface area contributed by atoms with Crippen LogP contribution in [0.4, 0.5) is 0 Å². The Bertz CT molecular complexity index is 807. The number of rotatable bonds is 5. The first kappa shape index (κ1) is 16.0. The Morgan fingerprint density at radius 3 is 2.62 bits per heavy atom. The molecule has 0 spiro atoms. The average Bonchev–Trinajstić information content (AvgIpc) is 2.65. The summed E-state index contributed by atoms with van der Waals surface area (Å²) in [6.07, 6.45) is 1.83. The molecule has 0 aliphatic heterocycles. The van der Waals surface area contributed by atoms with Crippen LogP contribution in [0.15, 0.2) is 71.9 Å². The molecule has 3 rings (SSSR count). The second-order valence-corrected chi connectivity index (χ2v) is 5.53. The monoisotopic (exact) mass is 318 g/mol. The lowest BCUT2D eigenvalue weighted by molar-refractivity contribution is 0.818. The van der Waals surface area contributed by atoms with E-state index in [1.54, 1.807) is 0 Å². The number of nitrogens with zero attached hydrogens (tertiary/aromatic N) is 2. The van der Waals surface area contributed by atoms with Crippen molar-refractivity contribution >= 4 is 16.9 Å². The maximum Gasteiger partial charge on any atom is 0.191 e. The van der Waals surface area contributed by atoms with Crippen molar-refractivity contribution in [3.63, 3.8) is 0 Å². The van der Waals surface area contributed by atoms with Crippen LogP contribution in [0.5, 0.6) is 0 Å². The van der Waals surface area contributed by atoms with Gasteiger partial charge in [0.05, 0.1) is 12.1 Å². The van der Waals surface area contributed by atoms with Crippen molar-refractivity contribution in [2.24, 2.45) is 4.99 Å². The van der Waals surface area contributed by atoms with Gasteiger partial charge in [-0.2, -0.15) is 0 Å². The Labute approximate surface area is 142 Å². The molecule has 0 saturated carbocycles. The summed E-state index contributed by atoms with van der Waals surface area (Å²) in [6, 6.07) is 20.6. The van der Waals surface area contributed by atoms with Gasteiger partial charge in [0.1, 0.15) is 0 Å². The van der Waals surface area contributed by atoms with E-state index in [0.717, 1.165) is 23.4 Å². The molecule has 1 aromatic heterocycles. The molecule has 4 nitrogen and oxygen atoms in total. The van der Waals surface area contributed by atoms with Gasteiger partial charge in [-0.25, -0.2) is 4.99 Å². The zero-order valence-electron chi connectivity index (χ0n) is 13.9. The third-order valence-electron chi connectivity index (χ3n) is 3.77. The first-order chi connectivity index (χ1) is 11.9. The quantitative estimate of drug-likeness (QED) is 0.559. The molecule has 2 N–H and O–H groups in total. The minimum Gasteiger partial charge on any atom is -0.357 e. The Morgan fingerprint density at radius 1 is 0.958 bits per heavy atom. The fourth-order valence-electron chi connectivity index (χ4n) is 2.58. The van der Waals surface area contributed by atoms with E-state index >= 15 is 0 Å². The molecule has 4 heteroatoms. The van der Waals surface area contributed by atoms with Crippen molar-refractivity contribution in [3.05, 3.63) is 78.0 Å². The van der Waals surface area contributed by atoms with E-state index in [4.69, 9.17) is 0 Å². The molecular formula is C20H22N4. The summed E-state index contributed by atoms with van der Waals surface area (Å²) in [4.78, 5) is 9.15. The highest BCUT2D eigenvalue weighted by Crippen LogP contribution is 2.15. The summed E-state index contributed by atoms with van der Waals surface area (Å²) >= 11 is 0. The summed E-state index contributed by atoms with van der Waals surface area (Å²) in [6.45, 7) is 4.24. The van der Waals surface area contributed by atoms with Crippen molar-refractivity contribution in [1.82, 2.24) is 15.6 Å². The van der Waals surface area contributed by atoms with Gasteiger partial charge in [0.15, 0.2) is 5.96 Å². The molecule has 3 aromatic rings.